The van der Waals surface area contributed by atoms with Crippen molar-refractivity contribution in [3.05, 3.63) is 12.7 Å². The number of carboxylic acids is 1. The van der Waals surface area contributed by atoms with Gasteiger partial charge in [0.1, 0.15) is 5.78 Å². The third-order valence-corrected chi connectivity index (χ3v) is 10.8. The van der Waals surface area contributed by atoms with E-state index in [1.807, 2.05) is 34.6 Å². The molecule has 0 saturated carbocycles. The van der Waals surface area contributed by atoms with Crippen LogP contribution in [0.1, 0.15) is 61.8 Å². The summed E-state index contributed by atoms with van der Waals surface area (Å²) in [6.07, 6.45) is 1.25. The molecule has 0 aliphatic rings. The highest BCUT2D eigenvalue weighted by Crippen LogP contribution is 2.41. The molecule has 0 aromatic rings. The number of carboxylic acid groups (broad SMARTS) is 1. The Morgan fingerprint density at radius 1 is 1.12 bits per heavy atom. The Morgan fingerprint density at radius 2 is 1.58 bits per heavy atom. The topological polar surface area (TPSA) is 63.6 Å². The van der Waals surface area contributed by atoms with Gasteiger partial charge in [0.15, 0.2) is 14.4 Å². The van der Waals surface area contributed by atoms with Crippen molar-refractivity contribution in [1.82, 2.24) is 0 Å². The maximum absolute atomic E-state index is 13.3. The van der Waals surface area contributed by atoms with Crippen LogP contribution in [0.25, 0.3) is 0 Å². The molecule has 0 saturated heterocycles. The second-order valence-electron chi connectivity index (χ2n) is 9.77. The molecule has 2 unspecified atom stereocenters. The smallest absolute Gasteiger partial charge is 0.303 e. The summed E-state index contributed by atoms with van der Waals surface area (Å²) < 4.78 is 6.58. The molecule has 26 heavy (non-hydrogen) atoms. The van der Waals surface area contributed by atoms with Crippen LogP contribution in [0.3, 0.4) is 0 Å². The van der Waals surface area contributed by atoms with Gasteiger partial charge in [-0.3, -0.25) is 9.59 Å². The second kappa shape index (κ2) is 8.77. The summed E-state index contributed by atoms with van der Waals surface area (Å²) in [5.41, 5.74) is -0.749. The van der Waals surface area contributed by atoms with Gasteiger partial charge in [-0.1, -0.05) is 55.4 Å². The first-order valence-electron chi connectivity index (χ1n) is 9.48. The van der Waals surface area contributed by atoms with Crippen LogP contribution in [0.2, 0.25) is 18.1 Å². The number of carbonyl (C=O) groups is 2. The third-order valence-electron chi connectivity index (χ3n) is 6.31. The van der Waals surface area contributed by atoms with Crippen molar-refractivity contribution < 1.29 is 19.1 Å². The lowest BCUT2D eigenvalue weighted by atomic mass is 9.69. The second-order valence-corrected chi connectivity index (χ2v) is 14.5. The first-order valence-corrected chi connectivity index (χ1v) is 12.4. The fraction of sp³-hybridized carbons (Fsp3) is 0.810. The zero-order valence-electron chi connectivity index (χ0n) is 18.3. The van der Waals surface area contributed by atoms with Crippen LogP contribution in [0.15, 0.2) is 6.08 Å². The molecule has 0 spiro atoms. The van der Waals surface area contributed by atoms with Crippen LogP contribution < -0.4 is 0 Å². The van der Waals surface area contributed by atoms with Crippen molar-refractivity contribution in [3.8, 4) is 0 Å². The van der Waals surface area contributed by atoms with E-state index in [1.165, 1.54) is 0 Å². The van der Waals surface area contributed by atoms with Gasteiger partial charge in [0, 0.05) is 23.7 Å². The van der Waals surface area contributed by atoms with E-state index < -0.39 is 19.7 Å². The van der Waals surface area contributed by atoms with Crippen molar-refractivity contribution in [2.45, 2.75) is 86.0 Å². The molecule has 0 radical (unpaired) electrons. The van der Waals surface area contributed by atoms with Crippen LogP contribution in [0.5, 0.6) is 0 Å². The molecule has 4 atom stereocenters. The Labute approximate surface area is 161 Å². The number of hydrogen-bond donors (Lipinski definition) is 1. The van der Waals surface area contributed by atoms with Crippen molar-refractivity contribution in [1.29, 1.82) is 0 Å². The lowest BCUT2D eigenvalue weighted by molar-refractivity contribution is -0.142. The van der Waals surface area contributed by atoms with Gasteiger partial charge < -0.3 is 9.53 Å². The minimum atomic E-state index is -2.09. The van der Waals surface area contributed by atoms with E-state index >= 15 is 0 Å². The average molecular weight is 384 g/mol. The average Bonchev–Trinajstić information content (AvgIpc) is 2.48. The molecule has 0 aliphatic carbocycles. The van der Waals surface area contributed by atoms with E-state index in [-0.39, 0.29) is 41.1 Å². The maximum Gasteiger partial charge on any atom is 0.303 e. The normalized spacial score (nSPS) is 17.9. The molecule has 0 bridgehead atoms. The maximum atomic E-state index is 13.3. The van der Waals surface area contributed by atoms with E-state index in [9.17, 15) is 9.59 Å². The molecular weight excluding hydrogens is 344 g/mol. The zero-order chi connectivity index (χ0) is 21.1. The van der Waals surface area contributed by atoms with Gasteiger partial charge in [0.05, 0.1) is 6.10 Å². The van der Waals surface area contributed by atoms with Crippen molar-refractivity contribution >= 4 is 20.1 Å². The Kier molecular flexibility index (Phi) is 8.42. The fourth-order valence-corrected chi connectivity index (χ4v) is 4.24. The standard InChI is InChI=1S/C21H38O4Si/c1-12-14(2)18(25-26(10,11)20(5,6)7)16(4)19(24)21(8,9)15(3)13-17(22)23/h1,12,14-16,18H,13H2,2-11H3/p+1/t14-,15-,16?,18?/m0/s1. The zero-order valence-corrected chi connectivity index (χ0v) is 19.3. The van der Waals surface area contributed by atoms with E-state index in [1.54, 1.807) is 6.08 Å². The number of carbonyl (C=O) groups excluding carboxylic acids is 1. The first-order chi connectivity index (χ1) is 11.5. The lowest BCUT2D eigenvalue weighted by Gasteiger charge is -2.43. The van der Waals surface area contributed by atoms with E-state index in [4.69, 9.17) is 16.1 Å². The van der Waals surface area contributed by atoms with E-state index in [2.05, 4.69) is 33.9 Å². The van der Waals surface area contributed by atoms with Crippen molar-refractivity contribution in [3.63, 3.8) is 0 Å². The Balaban J connectivity index is 5.68. The van der Waals surface area contributed by atoms with Crippen molar-refractivity contribution in [2.75, 3.05) is 0 Å². The SMILES string of the molecule is [CH+]=C[C@H](C)C(O[Si](C)(C)C(C)(C)C)C(C)C(=O)C(C)(C)[C@@H](C)CC(=O)O. The van der Waals surface area contributed by atoms with Crippen LogP contribution in [-0.4, -0.2) is 31.3 Å². The summed E-state index contributed by atoms with van der Waals surface area (Å²) in [5, 5.41) is 9.12. The number of Topliss-reactive ketones (excluding diaryl/α,β-unsaturated/α-hetero) is 1. The monoisotopic (exact) mass is 383 g/mol. The molecule has 0 heterocycles. The molecule has 0 aliphatic heterocycles. The number of hydrogen-bond acceptors (Lipinski definition) is 3. The highest BCUT2D eigenvalue weighted by Gasteiger charge is 2.46. The van der Waals surface area contributed by atoms with Gasteiger partial charge in [0.2, 0.25) is 6.58 Å². The Hall–Kier alpha value is -1.03. The summed E-state index contributed by atoms with van der Waals surface area (Å²) in [6.45, 7) is 26.0. The first kappa shape index (κ1) is 25.0. The molecule has 0 rings (SSSR count). The van der Waals surface area contributed by atoms with E-state index in [0.29, 0.717) is 0 Å². The molecule has 150 valence electrons. The van der Waals surface area contributed by atoms with Crippen LogP contribution >= 0.6 is 0 Å². The third kappa shape index (κ3) is 6.00. The minimum Gasteiger partial charge on any atom is -0.481 e. The summed E-state index contributed by atoms with van der Waals surface area (Å²) in [5.74, 6) is -1.56. The molecular formula is C21H39O4Si+. The molecule has 0 aromatic heterocycles. The van der Waals surface area contributed by atoms with Crippen LogP contribution in [0.4, 0.5) is 0 Å². The number of rotatable bonds is 10. The van der Waals surface area contributed by atoms with Crippen LogP contribution in [-0.2, 0) is 14.0 Å². The van der Waals surface area contributed by atoms with Gasteiger partial charge in [-0.2, -0.15) is 0 Å². The highest BCUT2D eigenvalue weighted by atomic mass is 28.4. The van der Waals surface area contributed by atoms with E-state index in [0.717, 1.165) is 0 Å². The Bertz CT molecular complexity index is 517. The summed E-state index contributed by atoms with van der Waals surface area (Å²) in [6, 6.07) is 0. The molecule has 4 nitrogen and oxygen atoms in total. The van der Waals surface area contributed by atoms with Gasteiger partial charge in [-0.15, -0.1) is 0 Å². The van der Waals surface area contributed by atoms with Gasteiger partial charge in [-0.05, 0) is 24.1 Å². The number of aliphatic carboxylic acids is 1. The summed E-state index contributed by atoms with van der Waals surface area (Å²) in [4.78, 5) is 24.4. The molecule has 0 fully saturated rings. The highest BCUT2D eigenvalue weighted by molar-refractivity contribution is 6.74. The molecule has 0 amide bonds. The van der Waals surface area contributed by atoms with Crippen molar-refractivity contribution in [2.24, 2.45) is 23.2 Å². The quantitative estimate of drug-likeness (QED) is 0.408. The Morgan fingerprint density at radius 3 is 1.92 bits per heavy atom. The molecule has 1 N–H and O–H groups in total. The number of ketones is 1. The predicted molar refractivity (Wildman–Crippen MR) is 109 cm³/mol. The molecule has 5 heteroatoms. The van der Waals surface area contributed by atoms with Gasteiger partial charge in [-0.25, -0.2) is 0 Å². The predicted octanol–water partition coefficient (Wildman–Crippen LogP) is 5.34. The minimum absolute atomic E-state index is 0.0223. The summed E-state index contributed by atoms with van der Waals surface area (Å²) in [7, 11) is -2.09. The summed E-state index contributed by atoms with van der Waals surface area (Å²) >= 11 is 0. The van der Waals surface area contributed by atoms with Gasteiger partial charge in [0.25, 0.3) is 0 Å². The molecule has 0 aromatic carbocycles. The van der Waals surface area contributed by atoms with Crippen LogP contribution in [0, 0.1) is 29.7 Å². The lowest BCUT2D eigenvalue weighted by Crippen LogP contribution is -2.50. The fourth-order valence-electron chi connectivity index (χ4n) is 2.79. The van der Waals surface area contributed by atoms with Gasteiger partial charge >= 0.3 is 5.97 Å². The largest absolute Gasteiger partial charge is 0.481 e.